The Morgan fingerprint density at radius 2 is 2.08 bits per heavy atom. The Kier molecular flexibility index (Phi) is 4.01. The van der Waals surface area contributed by atoms with Crippen LogP contribution in [0.15, 0.2) is 65.1 Å². The smallest absolute Gasteiger partial charge is 0.279 e. The average molecular weight is 321 g/mol. The van der Waals surface area contributed by atoms with Crippen LogP contribution in [-0.4, -0.2) is 22.5 Å². The van der Waals surface area contributed by atoms with Gasteiger partial charge in [-0.05, 0) is 35.3 Å². The Morgan fingerprint density at radius 1 is 1.29 bits per heavy atom. The largest absolute Gasteiger partial charge is 0.325 e. The molecule has 2 amide bonds. The minimum atomic E-state index is -0.355. The van der Waals surface area contributed by atoms with Crippen LogP contribution in [0, 0.1) is 11.3 Å². The van der Waals surface area contributed by atoms with Crippen molar-refractivity contribution in [1.29, 1.82) is 0 Å². The fourth-order valence-corrected chi connectivity index (χ4v) is 2.81. The lowest BCUT2D eigenvalue weighted by Gasteiger charge is -2.34. The molecule has 0 fully saturated rings. The summed E-state index contributed by atoms with van der Waals surface area (Å²) in [5.74, 6) is -0.488. The zero-order chi connectivity index (χ0) is 17.3. The minimum absolute atomic E-state index is 0.00939. The van der Waals surface area contributed by atoms with Gasteiger partial charge in [0.1, 0.15) is 0 Å². The first-order chi connectivity index (χ1) is 11.3. The lowest BCUT2D eigenvalue weighted by molar-refractivity contribution is -0.116. The molecular formula is C19H19N3O2. The van der Waals surface area contributed by atoms with Gasteiger partial charge in [-0.25, -0.2) is 4.99 Å². The van der Waals surface area contributed by atoms with E-state index >= 15 is 0 Å². The number of hydrogen-bond donors (Lipinski definition) is 1. The van der Waals surface area contributed by atoms with Gasteiger partial charge in [0.2, 0.25) is 5.91 Å². The number of carbonyl (C=O) groups excluding carboxylic acids is 2. The maximum absolute atomic E-state index is 12.2. The summed E-state index contributed by atoms with van der Waals surface area (Å²) in [6.07, 6.45) is 10.3. The Labute approximate surface area is 140 Å². The van der Waals surface area contributed by atoms with Gasteiger partial charge < -0.3 is 5.32 Å². The van der Waals surface area contributed by atoms with Crippen molar-refractivity contribution in [1.82, 2.24) is 10.3 Å². The lowest BCUT2D eigenvalue weighted by Crippen LogP contribution is -2.36. The van der Waals surface area contributed by atoms with E-state index in [1.807, 2.05) is 12.2 Å². The second-order valence-corrected chi connectivity index (χ2v) is 6.86. The zero-order valence-corrected chi connectivity index (χ0v) is 13.9. The van der Waals surface area contributed by atoms with E-state index in [1.54, 1.807) is 30.5 Å². The van der Waals surface area contributed by atoms with Gasteiger partial charge in [-0.2, -0.15) is 0 Å². The van der Waals surface area contributed by atoms with Crippen LogP contribution < -0.4 is 5.32 Å². The van der Waals surface area contributed by atoms with E-state index in [9.17, 15) is 9.59 Å². The van der Waals surface area contributed by atoms with Crippen LogP contribution in [0.1, 0.15) is 31.1 Å². The van der Waals surface area contributed by atoms with Gasteiger partial charge in [0.15, 0.2) is 0 Å². The monoisotopic (exact) mass is 321 g/mol. The second kappa shape index (κ2) is 6.00. The van der Waals surface area contributed by atoms with Crippen LogP contribution in [0.4, 0.5) is 0 Å². The van der Waals surface area contributed by atoms with Gasteiger partial charge in [-0.1, -0.05) is 26.8 Å². The minimum Gasteiger partial charge on any atom is -0.325 e. The standard InChI is InChI=1S/C19H19N3O2/c1-19(2,3)15-10-17(23)22-16-9-13(6-7-14(15)16)21-18(24)12-5-4-8-20-11-12/h4-11,14H,1-3H3,(H,22,23). The number of nitrogens with one attached hydrogen (secondary N) is 1. The van der Waals surface area contributed by atoms with E-state index in [-0.39, 0.29) is 23.1 Å². The van der Waals surface area contributed by atoms with Crippen molar-refractivity contribution in [3.8, 4) is 0 Å². The molecule has 1 aliphatic heterocycles. The Balaban J connectivity index is 1.90. The summed E-state index contributed by atoms with van der Waals surface area (Å²) in [5, 5.41) is 2.85. The molecule has 1 aliphatic carbocycles. The number of amides is 2. The molecule has 5 nitrogen and oxygen atoms in total. The van der Waals surface area contributed by atoms with Crippen molar-refractivity contribution < 1.29 is 9.59 Å². The molecule has 0 saturated carbocycles. The number of fused-ring (bicyclic) bond motifs is 1. The molecule has 1 N–H and O–H groups in total. The zero-order valence-electron chi connectivity index (χ0n) is 13.9. The fourth-order valence-electron chi connectivity index (χ4n) is 2.81. The molecule has 1 unspecified atom stereocenters. The highest BCUT2D eigenvalue weighted by molar-refractivity contribution is 6.14. The molecule has 0 spiro atoms. The topological polar surface area (TPSA) is 71.4 Å². The molecule has 2 aliphatic rings. The molecule has 3 rings (SSSR count). The van der Waals surface area contributed by atoms with E-state index in [0.717, 1.165) is 11.3 Å². The number of carbonyl (C=O) groups is 2. The second-order valence-electron chi connectivity index (χ2n) is 6.86. The number of nitrogens with zero attached hydrogens (tertiary/aromatic N) is 2. The summed E-state index contributed by atoms with van der Waals surface area (Å²) < 4.78 is 0. The Hall–Kier alpha value is -2.82. The van der Waals surface area contributed by atoms with Gasteiger partial charge in [-0.3, -0.25) is 14.6 Å². The molecule has 1 aromatic heterocycles. The highest BCUT2D eigenvalue weighted by atomic mass is 16.2. The highest BCUT2D eigenvalue weighted by Gasteiger charge is 2.32. The van der Waals surface area contributed by atoms with Crippen LogP contribution in [0.2, 0.25) is 0 Å². The van der Waals surface area contributed by atoms with Crippen molar-refractivity contribution in [2.75, 3.05) is 0 Å². The first-order valence-electron chi connectivity index (χ1n) is 7.80. The van der Waals surface area contributed by atoms with Gasteiger partial charge in [-0.15, -0.1) is 0 Å². The Bertz CT molecular complexity index is 809. The summed E-state index contributed by atoms with van der Waals surface area (Å²) in [6.45, 7) is 6.25. The SMILES string of the molecule is CC(C)(C)C1=CC(=O)NC2=CC(=NC(=O)c3cccnc3)C=CC21. The van der Waals surface area contributed by atoms with Crippen LogP contribution in [-0.2, 0) is 4.79 Å². The number of allylic oxidation sites excluding steroid dienone is 3. The van der Waals surface area contributed by atoms with Crippen molar-refractivity contribution in [2.24, 2.45) is 16.3 Å². The number of hydrogen-bond acceptors (Lipinski definition) is 3. The summed E-state index contributed by atoms with van der Waals surface area (Å²) in [4.78, 5) is 32.2. The molecule has 122 valence electrons. The molecule has 24 heavy (non-hydrogen) atoms. The molecule has 0 bridgehead atoms. The summed E-state index contributed by atoms with van der Waals surface area (Å²) >= 11 is 0. The van der Waals surface area contributed by atoms with Crippen LogP contribution >= 0.6 is 0 Å². The maximum Gasteiger partial charge on any atom is 0.279 e. The van der Waals surface area contributed by atoms with E-state index in [4.69, 9.17) is 0 Å². The third kappa shape index (κ3) is 3.25. The first kappa shape index (κ1) is 16.1. The van der Waals surface area contributed by atoms with Crippen molar-refractivity contribution in [3.05, 3.63) is 65.7 Å². The van der Waals surface area contributed by atoms with Crippen LogP contribution in [0.5, 0.6) is 0 Å². The molecule has 5 heteroatoms. The van der Waals surface area contributed by atoms with Gasteiger partial charge in [0.05, 0.1) is 11.3 Å². The quantitative estimate of drug-likeness (QED) is 0.864. The van der Waals surface area contributed by atoms with Crippen LogP contribution in [0.3, 0.4) is 0 Å². The number of rotatable bonds is 1. The van der Waals surface area contributed by atoms with Gasteiger partial charge in [0, 0.05) is 30.1 Å². The van der Waals surface area contributed by atoms with Crippen molar-refractivity contribution >= 4 is 17.5 Å². The normalized spacial score (nSPS) is 21.7. The summed E-state index contributed by atoms with van der Waals surface area (Å²) in [6, 6.07) is 3.37. The van der Waals surface area contributed by atoms with E-state index in [1.165, 1.54) is 6.20 Å². The molecule has 2 heterocycles. The predicted octanol–water partition coefficient (Wildman–Crippen LogP) is 2.84. The summed E-state index contributed by atoms with van der Waals surface area (Å²) in [7, 11) is 0. The third-order valence-electron chi connectivity index (χ3n) is 3.99. The van der Waals surface area contributed by atoms with E-state index < -0.39 is 0 Å². The molecular weight excluding hydrogens is 302 g/mol. The average Bonchev–Trinajstić information content (AvgIpc) is 2.53. The molecule has 1 aromatic rings. The number of aromatic nitrogens is 1. The lowest BCUT2D eigenvalue weighted by atomic mass is 9.74. The third-order valence-corrected chi connectivity index (χ3v) is 3.99. The fraction of sp³-hybridized carbons (Fsp3) is 0.263. The van der Waals surface area contributed by atoms with Crippen LogP contribution in [0.25, 0.3) is 0 Å². The van der Waals surface area contributed by atoms with Gasteiger partial charge >= 0.3 is 0 Å². The van der Waals surface area contributed by atoms with E-state index in [0.29, 0.717) is 11.3 Å². The first-order valence-corrected chi connectivity index (χ1v) is 7.80. The number of pyridine rings is 1. The maximum atomic E-state index is 12.2. The Morgan fingerprint density at radius 3 is 2.75 bits per heavy atom. The van der Waals surface area contributed by atoms with E-state index in [2.05, 4.69) is 36.1 Å². The molecule has 0 radical (unpaired) electrons. The molecule has 0 aromatic carbocycles. The molecule has 1 atom stereocenters. The van der Waals surface area contributed by atoms with Gasteiger partial charge in [0.25, 0.3) is 5.91 Å². The number of aliphatic imine (C=N–C) groups is 1. The predicted molar refractivity (Wildman–Crippen MR) is 92.4 cm³/mol. The highest BCUT2D eigenvalue weighted by Crippen LogP contribution is 2.38. The summed E-state index contributed by atoms with van der Waals surface area (Å²) in [5.41, 5.74) is 2.64. The van der Waals surface area contributed by atoms with Crippen molar-refractivity contribution in [2.45, 2.75) is 20.8 Å². The molecule has 0 saturated heterocycles. The van der Waals surface area contributed by atoms with Crippen molar-refractivity contribution in [3.63, 3.8) is 0 Å².